The molecule has 1 N–H and O–H groups in total. The summed E-state index contributed by atoms with van der Waals surface area (Å²) in [5, 5.41) is 11.0. The minimum absolute atomic E-state index is 0.468. The van der Waals surface area contributed by atoms with Gasteiger partial charge in [-0.3, -0.25) is 0 Å². The monoisotopic (exact) mass is 295 g/mol. The minimum Gasteiger partial charge on any atom is -0.388 e. The van der Waals surface area contributed by atoms with Gasteiger partial charge in [-0.05, 0) is 43.9 Å². The Morgan fingerprint density at radius 3 is 2.70 bits per heavy atom. The third-order valence-electron chi connectivity index (χ3n) is 4.65. The summed E-state index contributed by atoms with van der Waals surface area (Å²) in [5.74, 6) is 0.770. The lowest BCUT2D eigenvalue weighted by Gasteiger charge is -2.36. The van der Waals surface area contributed by atoms with Gasteiger partial charge in [-0.1, -0.05) is 49.6 Å². The SMILES string of the molecule is CC1CCCCC1N(C)CCC(O)c1ccccc1Cl. The first-order chi connectivity index (χ1) is 9.59. The van der Waals surface area contributed by atoms with Crippen molar-refractivity contribution in [2.45, 2.75) is 51.2 Å². The summed E-state index contributed by atoms with van der Waals surface area (Å²) in [5.41, 5.74) is 0.847. The van der Waals surface area contributed by atoms with Crippen LogP contribution < -0.4 is 0 Å². The molecule has 0 aliphatic heterocycles. The van der Waals surface area contributed by atoms with Crippen molar-refractivity contribution in [2.75, 3.05) is 13.6 Å². The highest BCUT2D eigenvalue weighted by Crippen LogP contribution is 2.29. The fraction of sp³-hybridized carbons (Fsp3) is 0.647. The number of halogens is 1. The highest BCUT2D eigenvalue weighted by atomic mass is 35.5. The number of benzene rings is 1. The molecule has 1 aromatic carbocycles. The molecule has 0 amide bonds. The van der Waals surface area contributed by atoms with Crippen molar-refractivity contribution in [3.8, 4) is 0 Å². The molecule has 0 aromatic heterocycles. The van der Waals surface area contributed by atoms with E-state index in [1.165, 1.54) is 25.7 Å². The molecule has 20 heavy (non-hydrogen) atoms. The van der Waals surface area contributed by atoms with Crippen molar-refractivity contribution in [2.24, 2.45) is 5.92 Å². The van der Waals surface area contributed by atoms with E-state index in [-0.39, 0.29) is 0 Å². The zero-order chi connectivity index (χ0) is 14.5. The van der Waals surface area contributed by atoms with Gasteiger partial charge in [0.2, 0.25) is 0 Å². The minimum atomic E-state index is -0.468. The zero-order valence-corrected chi connectivity index (χ0v) is 13.3. The van der Waals surface area contributed by atoms with E-state index in [2.05, 4.69) is 18.9 Å². The smallest absolute Gasteiger partial charge is 0.0816 e. The Morgan fingerprint density at radius 2 is 2.00 bits per heavy atom. The summed E-state index contributed by atoms with van der Waals surface area (Å²) in [6.07, 6.45) is 5.61. The Hall–Kier alpha value is -0.570. The van der Waals surface area contributed by atoms with E-state index in [0.717, 1.165) is 24.4 Å². The lowest BCUT2D eigenvalue weighted by atomic mass is 9.85. The Bertz CT molecular complexity index is 423. The number of hydrogen-bond acceptors (Lipinski definition) is 2. The first-order valence-electron chi connectivity index (χ1n) is 7.72. The van der Waals surface area contributed by atoms with Gasteiger partial charge in [-0.15, -0.1) is 0 Å². The molecule has 1 saturated carbocycles. The van der Waals surface area contributed by atoms with Crippen molar-refractivity contribution >= 4 is 11.6 Å². The summed E-state index contributed by atoms with van der Waals surface area (Å²) in [6.45, 7) is 3.27. The summed E-state index contributed by atoms with van der Waals surface area (Å²) >= 11 is 6.13. The number of rotatable bonds is 5. The van der Waals surface area contributed by atoms with Crippen molar-refractivity contribution in [1.82, 2.24) is 4.90 Å². The maximum Gasteiger partial charge on any atom is 0.0816 e. The summed E-state index contributed by atoms with van der Waals surface area (Å²) < 4.78 is 0. The first-order valence-corrected chi connectivity index (χ1v) is 8.10. The second-order valence-corrected chi connectivity index (χ2v) is 6.54. The van der Waals surface area contributed by atoms with E-state index < -0.39 is 6.10 Å². The molecule has 3 heteroatoms. The Morgan fingerprint density at radius 1 is 1.30 bits per heavy atom. The highest BCUT2D eigenvalue weighted by Gasteiger charge is 2.25. The van der Waals surface area contributed by atoms with Crippen LogP contribution >= 0.6 is 11.6 Å². The molecule has 3 atom stereocenters. The van der Waals surface area contributed by atoms with Crippen molar-refractivity contribution < 1.29 is 5.11 Å². The van der Waals surface area contributed by atoms with Gasteiger partial charge in [0.1, 0.15) is 0 Å². The predicted octanol–water partition coefficient (Wildman–Crippen LogP) is 4.27. The van der Waals surface area contributed by atoms with Gasteiger partial charge < -0.3 is 10.0 Å². The zero-order valence-electron chi connectivity index (χ0n) is 12.6. The van der Waals surface area contributed by atoms with Crippen LogP contribution in [0.25, 0.3) is 0 Å². The van der Waals surface area contributed by atoms with Crippen LogP contribution in [0.3, 0.4) is 0 Å². The molecular formula is C17H26ClNO. The molecule has 0 saturated heterocycles. The summed E-state index contributed by atoms with van der Waals surface area (Å²) in [6, 6.07) is 8.25. The Kier molecular flexibility index (Phi) is 5.88. The Labute approximate surface area is 127 Å². The highest BCUT2D eigenvalue weighted by molar-refractivity contribution is 6.31. The third kappa shape index (κ3) is 3.97. The molecule has 112 valence electrons. The van der Waals surface area contributed by atoms with Crippen LogP contribution in [0.2, 0.25) is 5.02 Å². The predicted molar refractivity (Wildman–Crippen MR) is 85.1 cm³/mol. The number of aliphatic hydroxyl groups is 1. The molecule has 0 bridgehead atoms. The largest absolute Gasteiger partial charge is 0.388 e. The standard InChI is InChI=1S/C17H26ClNO/c1-13-7-3-6-10-16(13)19(2)12-11-17(20)14-8-4-5-9-15(14)18/h4-5,8-9,13,16-17,20H,3,6-7,10-12H2,1-2H3. The normalized spacial score (nSPS) is 24.9. The fourth-order valence-electron chi connectivity index (χ4n) is 3.34. The van der Waals surface area contributed by atoms with E-state index in [1.54, 1.807) is 0 Å². The van der Waals surface area contributed by atoms with E-state index in [1.807, 2.05) is 24.3 Å². The second-order valence-electron chi connectivity index (χ2n) is 6.14. The molecule has 2 nitrogen and oxygen atoms in total. The maximum atomic E-state index is 10.3. The van der Waals surface area contributed by atoms with Gasteiger partial charge in [-0.2, -0.15) is 0 Å². The van der Waals surface area contributed by atoms with Gasteiger partial charge in [0.05, 0.1) is 6.10 Å². The lowest BCUT2D eigenvalue weighted by Crippen LogP contribution is -2.39. The summed E-state index contributed by atoms with van der Waals surface area (Å²) in [7, 11) is 2.19. The van der Waals surface area contributed by atoms with Crippen molar-refractivity contribution in [3.05, 3.63) is 34.9 Å². The van der Waals surface area contributed by atoms with E-state index in [4.69, 9.17) is 11.6 Å². The molecule has 0 radical (unpaired) electrons. The van der Waals surface area contributed by atoms with E-state index in [0.29, 0.717) is 11.1 Å². The fourth-order valence-corrected chi connectivity index (χ4v) is 3.61. The van der Waals surface area contributed by atoms with E-state index in [9.17, 15) is 5.11 Å². The molecule has 3 unspecified atom stereocenters. The average molecular weight is 296 g/mol. The second kappa shape index (κ2) is 7.44. The lowest BCUT2D eigenvalue weighted by molar-refractivity contribution is 0.103. The van der Waals surface area contributed by atoms with Crippen LogP contribution in [0.15, 0.2) is 24.3 Å². The molecule has 1 aliphatic carbocycles. The molecule has 1 aromatic rings. The third-order valence-corrected chi connectivity index (χ3v) is 5.00. The molecule has 0 spiro atoms. The van der Waals surface area contributed by atoms with Gasteiger partial charge in [0.15, 0.2) is 0 Å². The maximum absolute atomic E-state index is 10.3. The van der Waals surface area contributed by atoms with Crippen LogP contribution in [-0.2, 0) is 0 Å². The number of aliphatic hydroxyl groups excluding tert-OH is 1. The van der Waals surface area contributed by atoms with Crippen LogP contribution in [0, 0.1) is 5.92 Å². The van der Waals surface area contributed by atoms with Crippen molar-refractivity contribution in [1.29, 1.82) is 0 Å². The van der Waals surface area contributed by atoms with Crippen LogP contribution in [0.1, 0.15) is 50.7 Å². The van der Waals surface area contributed by atoms with Crippen LogP contribution in [0.4, 0.5) is 0 Å². The van der Waals surface area contributed by atoms with Gasteiger partial charge in [0.25, 0.3) is 0 Å². The van der Waals surface area contributed by atoms with Gasteiger partial charge in [-0.25, -0.2) is 0 Å². The molecular weight excluding hydrogens is 270 g/mol. The summed E-state index contributed by atoms with van der Waals surface area (Å²) in [4.78, 5) is 2.42. The molecule has 2 rings (SSSR count). The topological polar surface area (TPSA) is 23.5 Å². The number of nitrogens with zero attached hydrogens (tertiary/aromatic N) is 1. The Balaban J connectivity index is 1.86. The molecule has 1 fully saturated rings. The van der Waals surface area contributed by atoms with Crippen molar-refractivity contribution in [3.63, 3.8) is 0 Å². The quantitative estimate of drug-likeness (QED) is 0.877. The van der Waals surface area contributed by atoms with Crippen LogP contribution in [-0.4, -0.2) is 29.6 Å². The van der Waals surface area contributed by atoms with Gasteiger partial charge in [0, 0.05) is 17.6 Å². The average Bonchev–Trinajstić information content (AvgIpc) is 2.45. The molecule has 1 aliphatic rings. The first kappa shape index (κ1) is 15.8. The van der Waals surface area contributed by atoms with Crippen LogP contribution in [0.5, 0.6) is 0 Å². The number of hydrogen-bond donors (Lipinski definition) is 1. The molecule has 0 heterocycles. The van der Waals surface area contributed by atoms with E-state index >= 15 is 0 Å². The van der Waals surface area contributed by atoms with Gasteiger partial charge >= 0.3 is 0 Å².